The van der Waals surface area contributed by atoms with Gasteiger partial charge in [0.1, 0.15) is 6.61 Å². The highest BCUT2D eigenvalue weighted by molar-refractivity contribution is 5.96. The molecule has 0 aliphatic heterocycles. The minimum atomic E-state index is -0.377. The molecule has 0 atom stereocenters. The van der Waals surface area contributed by atoms with Crippen LogP contribution in [0.25, 0.3) is 16.8 Å². The third-order valence-corrected chi connectivity index (χ3v) is 5.00. The Labute approximate surface area is 159 Å². The van der Waals surface area contributed by atoms with E-state index >= 15 is 0 Å². The Kier molecular flexibility index (Phi) is 5.20. The number of carbonyl (C=O) groups excluding carboxylic acids is 1. The van der Waals surface area contributed by atoms with Gasteiger partial charge in [0.2, 0.25) is 0 Å². The average molecular weight is 357 g/mol. The number of aryl methyl sites for hydroxylation is 2. The average Bonchev–Trinajstić information content (AvgIpc) is 3.13. The Hall–Kier alpha value is -3.07. The highest BCUT2D eigenvalue weighted by Gasteiger charge is 2.14. The zero-order valence-electron chi connectivity index (χ0n) is 15.3. The number of hydrogen-bond acceptors (Lipinski definition) is 2. The van der Waals surface area contributed by atoms with Crippen molar-refractivity contribution >= 4 is 22.9 Å². The van der Waals surface area contributed by atoms with Gasteiger partial charge in [-0.1, -0.05) is 72.8 Å². The van der Waals surface area contributed by atoms with Gasteiger partial charge in [0.15, 0.2) is 0 Å². The van der Waals surface area contributed by atoms with E-state index in [2.05, 4.69) is 47.8 Å². The fourth-order valence-electron chi connectivity index (χ4n) is 3.66. The molecule has 0 saturated heterocycles. The van der Waals surface area contributed by atoms with Crippen LogP contribution in [-0.2, 0) is 24.2 Å². The van der Waals surface area contributed by atoms with Crippen LogP contribution in [0.5, 0.6) is 0 Å². The van der Waals surface area contributed by atoms with Crippen LogP contribution in [0.4, 0.5) is 4.79 Å². The molecule has 0 bridgehead atoms. The van der Waals surface area contributed by atoms with Crippen molar-refractivity contribution in [3.8, 4) is 0 Å². The molecule has 3 nitrogen and oxygen atoms in total. The van der Waals surface area contributed by atoms with Crippen molar-refractivity contribution in [2.24, 2.45) is 0 Å². The summed E-state index contributed by atoms with van der Waals surface area (Å²) in [5, 5.41) is 5.55. The molecule has 1 N–H and O–H groups in total. The molecule has 0 fully saturated rings. The highest BCUT2D eigenvalue weighted by Crippen LogP contribution is 2.33. The summed E-state index contributed by atoms with van der Waals surface area (Å²) in [6, 6.07) is 20.7. The molecule has 4 rings (SSSR count). The van der Waals surface area contributed by atoms with E-state index in [9.17, 15) is 4.79 Å². The number of benzene rings is 3. The first-order chi connectivity index (χ1) is 13.3. The van der Waals surface area contributed by atoms with Crippen molar-refractivity contribution in [3.63, 3.8) is 0 Å². The summed E-state index contributed by atoms with van der Waals surface area (Å²) >= 11 is 0. The van der Waals surface area contributed by atoms with Gasteiger partial charge in [0, 0.05) is 6.54 Å². The number of amides is 1. The molecule has 3 heteroatoms. The molecule has 136 valence electrons. The van der Waals surface area contributed by atoms with Crippen LogP contribution in [0.1, 0.15) is 28.7 Å². The molecule has 0 heterocycles. The molecule has 1 aliphatic carbocycles. The Morgan fingerprint density at radius 1 is 0.963 bits per heavy atom. The minimum Gasteiger partial charge on any atom is -0.445 e. The smallest absolute Gasteiger partial charge is 0.407 e. The second kappa shape index (κ2) is 8.09. The SMILES string of the molecule is O=C(NCCC=Cc1ccc2c3c(cccc13)CC2)OCc1ccccc1. The van der Waals surface area contributed by atoms with Gasteiger partial charge < -0.3 is 10.1 Å². The normalized spacial score (nSPS) is 12.6. The molecule has 27 heavy (non-hydrogen) atoms. The molecule has 0 saturated carbocycles. The lowest BCUT2D eigenvalue weighted by atomic mass is 9.99. The monoisotopic (exact) mass is 357 g/mol. The molecule has 0 radical (unpaired) electrons. The molecular weight excluding hydrogens is 334 g/mol. The van der Waals surface area contributed by atoms with Crippen LogP contribution in [0.2, 0.25) is 0 Å². The number of alkyl carbamates (subject to hydrolysis) is 1. The van der Waals surface area contributed by atoms with Crippen LogP contribution in [-0.4, -0.2) is 12.6 Å². The zero-order chi connectivity index (χ0) is 18.5. The third-order valence-electron chi connectivity index (χ3n) is 5.00. The van der Waals surface area contributed by atoms with E-state index in [-0.39, 0.29) is 6.09 Å². The number of ether oxygens (including phenoxy) is 1. The van der Waals surface area contributed by atoms with Crippen molar-refractivity contribution < 1.29 is 9.53 Å². The van der Waals surface area contributed by atoms with Crippen molar-refractivity contribution in [3.05, 3.63) is 89.0 Å². The molecule has 0 unspecified atom stereocenters. The molecule has 3 aromatic rings. The van der Waals surface area contributed by atoms with Gasteiger partial charge in [0.05, 0.1) is 0 Å². The van der Waals surface area contributed by atoms with Crippen LogP contribution < -0.4 is 5.32 Å². The van der Waals surface area contributed by atoms with E-state index in [4.69, 9.17) is 4.74 Å². The van der Waals surface area contributed by atoms with E-state index < -0.39 is 0 Å². The first-order valence-corrected chi connectivity index (χ1v) is 9.46. The summed E-state index contributed by atoms with van der Waals surface area (Å²) in [6.45, 7) is 0.856. The van der Waals surface area contributed by atoms with Crippen LogP contribution in [0, 0.1) is 0 Å². The number of carbonyl (C=O) groups is 1. The lowest BCUT2D eigenvalue weighted by Gasteiger charge is -2.07. The quantitative estimate of drug-likeness (QED) is 0.611. The number of rotatable bonds is 6. The van der Waals surface area contributed by atoms with Gasteiger partial charge in [-0.15, -0.1) is 0 Å². The Bertz CT molecular complexity index is 966. The summed E-state index contributed by atoms with van der Waals surface area (Å²) in [4.78, 5) is 11.7. The molecule has 1 aliphatic rings. The summed E-state index contributed by atoms with van der Waals surface area (Å²) in [7, 11) is 0. The zero-order valence-corrected chi connectivity index (χ0v) is 15.3. The standard InChI is InChI=1S/C24H23NO2/c26-24(27-17-18-7-2-1-3-8-18)25-16-5-4-9-19-12-13-21-15-14-20-10-6-11-22(19)23(20)21/h1-4,6-13H,5,14-17H2,(H,25,26). The first-order valence-electron chi connectivity index (χ1n) is 9.46. The summed E-state index contributed by atoms with van der Waals surface area (Å²) in [6.07, 6.45) is 6.94. The van der Waals surface area contributed by atoms with Gasteiger partial charge in [0.25, 0.3) is 0 Å². The fourth-order valence-corrected chi connectivity index (χ4v) is 3.66. The maximum atomic E-state index is 11.7. The molecule has 0 spiro atoms. The van der Waals surface area contributed by atoms with Gasteiger partial charge >= 0.3 is 6.09 Å². The van der Waals surface area contributed by atoms with Crippen LogP contribution >= 0.6 is 0 Å². The van der Waals surface area contributed by atoms with E-state index in [1.165, 1.54) is 27.5 Å². The summed E-state index contributed by atoms with van der Waals surface area (Å²) in [5.41, 5.74) is 5.14. The van der Waals surface area contributed by atoms with Crippen LogP contribution in [0.15, 0.2) is 66.7 Å². The topological polar surface area (TPSA) is 38.3 Å². The van der Waals surface area contributed by atoms with E-state index in [0.29, 0.717) is 13.2 Å². The Morgan fingerprint density at radius 3 is 2.63 bits per heavy atom. The van der Waals surface area contributed by atoms with E-state index in [1.807, 2.05) is 30.3 Å². The Balaban J connectivity index is 1.28. The first kappa shape index (κ1) is 17.3. The van der Waals surface area contributed by atoms with Crippen molar-refractivity contribution in [2.75, 3.05) is 6.54 Å². The molecule has 3 aromatic carbocycles. The van der Waals surface area contributed by atoms with Gasteiger partial charge in [-0.2, -0.15) is 0 Å². The molecular formula is C24H23NO2. The van der Waals surface area contributed by atoms with E-state index in [0.717, 1.165) is 24.8 Å². The highest BCUT2D eigenvalue weighted by atomic mass is 16.5. The lowest BCUT2D eigenvalue weighted by Crippen LogP contribution is -2.24. The number of hydrogen-bond donors (Lipinski definition) is 1. The lowest BCUT2D eigenvalue weighted by molar-refractivity contribution is 0.140. The van der Waals surface area contributed by atoms with Gasteiger partial charge in [-0.05, 0) is 52.3 Å². The third kappa shape index (κ3) is 4.03. The second-order valence-electron chi connectivity index (χ2n) is 6.83. The summed E-state index contributed by atoms with van der Waals surface area (Å²) < 4.78 is 5.21. The number of nitrogens with one attached hydrogen (secondary N) is 1. The predicted octanol–water partition coefficient (Wildman–Crippen LogP) is 5.27. The van der Waals surface area contributed by atoms with Gasteiger partial charge in [-0.3, -0.25) is 0 Å². The van der Waals surface area contributed by atoms with Crippen molar-refractivity contribution in [1.29, 1.82) is 0 Å². The largest absolute Gasteiger partial charge is 0.445 e. The summed E-state index contributed by atoms with van der Waals surface area (Å²) in [5.74, 6) is 0. The molecule has 0 aromatic heterocycles. The Morgan fingerprint density at radius 2 is 1.78 bits per heavy atom. The van der Waals surface area contributed by atoms with Gasteiger partial charge in [-0.25, -0.2) is 4.79 Å². The molecule has 1 amide bonds. The minimum absolute atomic E-state index is 0.295. The van der Waals surface area contributed by atoms with Crippen molar-refractivity contribution in [2.45, 2.75) is 25.9 Å². The predicted molar refractivity (Wildman–Crippen MR) is 110 cm³/mol. The maximum absolute atomic E-state index is 11.7. The second-order valence-corrected chi connectivity index (χ2v) is 6.83. The van der Waals surface area contributed by atoms with E-state index in [1.54, 1.807) is 0 Å². The fraction of sp³-hybridized carbons (Fsp3) is 0.208. The van der Waals surface area contributed by atoms with Crippen LogP contribution in [0.3, 0.4) is 0 Å². The maximum Gasteiger partial charge on any atom is 0.407 e. The van der Waals surface area contributed by atoms with Crippen molar-refractivity contribution in [1.82, 2.24) is 5.32 Å².